The second kappa shape index (κ2) is 12.7. The summed E-state index contributed by atoms with van der Waals surface area (Å²) in [7, 11) is -2.74. The predicted octanol–water partition coefficient (Wildman–Crippen LogP) is 4.36. The molecule has 0 saturated carbocycles. The van der Waals surface area contributed by atoms with Crippen LogP contribution in [0, 0.1) is 13.8 Å². The summed E-state index contributed by atoms with van der Waals surface area (Å²) in [5, 5.41) is 2.97. The first-order chi connectivity index (χ1) is 17.2. The van der Waals surface area contributed by atoms with Crippen molar-refractivity contribution >= 4 is 13.5 Å². The first-order valence-electron chi connectivity index (χ1n) is 11.5. The van der Waals surface area contributed by atoms with Crippen LogP contribution in [0.1, 0.15) is 38.2 Å². The van der Waals surface area contributed by atoms with Crippen molar-refractivity contribution in [2.75, 3.05) is 26.8 Å². The molecule has 8 nitrogen and oxygen atoms in total. The Morgan fingerprint density at radius 2 is 1.64 bits per heavy atom. The second-order valence-electron chi connectivity index (χ2n) is 8.52. The fraction of sp³-hybridized carbons (Fsp3) is 0.296. The molecular formula is C27H32NO7P. The van der Waals surface area contributed by atoms with Crippen LogP contribution in [-0.2, 0) is 22.1 Å². The molecule has 0 bridgehead atoms. The van der Waals surface area contributed by atoms with E-state index in [4.69, 9.17) is 24.0 Å². The van der Waals surface area contributed by atoms with Gasteiger partial charge >= 0.3 is 7.60 Å². The molecule has 9 heteroatoms. The quantitative estimate of drug-likeness (QED) is 0.244. The molecule has 0 radical (unpaired) electrons. The molecule has 0 aromatic heterocycles. The van der Waals surface area contributed by atoms with E-state index in [1.165, 1.54) is 7.11 Å². The van der Waals surface area contributed by atoms with Crippen molar-refractivity contribution in [3.05, 3.63) is 94.0 Å². The SMILES string of the molecule is COCOc1ccc(Cc2c(C)cc(OCP(=O)(O)O)cc2C)cc1C(=O)NCCc1ccccc1. The van der Waals surface area contributed by atoms with Crippen molar-refractivity contribution in [2.45, 2.75) is 26.7 Å². The number of aryl methyl sites for hydroxylation is 2. The summed E-state index contributed by atoms with van der Waals surface area (Å²) in [6, 6.07) is 18.9. The summed E-state index contributed by atoms with van der Waals surface area (Å²) in [5.41, 5.74) is 5.37. The normalized spacial score (nSPS) is 11.2. The molecule has 1 amide bonds. The zero-order chi connectivity index (χ0) is 26.1. The van der Waals surface area contributed by atoms with Crippen LogP contribution in [0.25, 0.3) is 0 Å². The van der Waals surface area contributed by atoms with Crippen molar-refractivity contribution in [3.63, 3.8) is 0 Å². The summed E-state index contributed by atoms with van der Waals surface area (Å²) in [6.07, 6.45) is 0.609. The molecule has 0 heterocycles. The number of methoxy groups -OCH3 is 1. The average molecular weight is 514 g/mol. The van der Waals surface area contributed by atoms with Crippen LogP contribution < -0.4 is 14.8 Å². The van der Waals surface area contributed by atoms with Crippen LogP contribution in [-0.4, -0.2) is 42.5 Å². The topological polar surface area (TPSA) is 114 Å². The Hall–Kier alpha value is -3.16. The maximum Gasteiger partial charge on any atom is 0.362 e. The third kappa shape index (κ3) is 8.21. The number of ether oxygens (including phenoxy) is 3. The molecule has 3 aromatic carbocycles. The number of hydrogen-bond acceptors (Lipinski definition) is 5. The minimum absolute atomic E-state index is 0.0257. The van der Waals surface area contributed by atoms with E-state index in [2.05, 4.69) is 5.32 Å². The van der Waals surface area contributed by atoms with E-state index in [9.17, 15) is 9.36 Å². The van der Waals surface area contributed by atoms with Gasteiger partial charge < -0.3 is 29.3 Å². The van der Waals surface area contributed by atoms with Crippen LogP contribution in [0.15, 0.2) is 60.7 Å². The lowest BCUT2D eigenvalue weighted by Crippen LogP contribution is -2.26. The van der Waals surface area contributed by atoms with Crippen molar-refractivity contribution in [3.8, 4) is 11.5 Å². The van der Waals surface area contributed by atoms with Gasteiger partial charge in [-0.05, 0) is 78.8 Å². The Morgan fingerprint density at radius 1 is 0.944 bits per heavy atom. The van der Waals surface area contributed by atoms with Gasteiger partial charge in [-0.15, -0.1) is 0 Å². The number of benzene rings is 3. The second-order valence-corrected chi connectivity index (χ2v) is 10.1. The largest absolute Gasteiger partial charge is 0.481 e. The fourth-order valence-corrected chi connectivity index (χ4v) is 4.17. The highest BCUT2D eigenvalue weighted by Crippen LogP contribution is 2.35. The van der Waals surface area contributed by atoms with Crippen molar-refractivity contribution < 1.29 is 33.4 Å². The fourth-order valence-electron chi connectivity index (χ4n) is 3.85. The van der Waals surface area contributed by atoms with Crippen LogP contribution >= 0.6 is 7.60 Å². The Morgan fingerprint density at radius 3 is 2.28 bits per heavy atom. The molecule has 0 saturated heterocycles. The highest BCUT2D eigenvalue weighted by atomic mass is 31.2. The first kappa shape index (κ1) is 27.4. The van der Waals surface area contributed by atoms with Gasteiger partial charge in [0.15, 0.2) is 13.1 Å². The van der Waals surface area contributed by atoms with Crippen LogP contribution in [0.3, 0.4) is 0 Å². The van der Waals surface area contributed by atoms with Gasteiger partial charge in [0, 0.05) is 13.7 Å². The highest BCUT2D eigenvalue weighted by Gasteiger charge is 2.17. The van der Waals surface area contributed by atoms with E-state index < -0.39 is 13.9 Å². The van der Waals surface area contributed by atoms with Gasteiger partial charge in [0.05, 0.1) is 5.56 Å². The first-order valence-corrected chi connectivity index (χ1v) is 13.3. The Kier molecular flexibility index (Phi) is 9.67. The van der Waals surface area contributed by atoms with E-state index in [-0.39, 0.29) is 12.7 Å². The molecule has 36 heavy (non-hydrogen) atoms. The van der Waals surface area contributed by atoms with E-state index in [0.717, 1.165) is 34.2 Å². The molecule has 3 aromatic rings. The van der Waals surface area contributed by atoms with Gasteiger partial charge in [-0.25, -0.2) is 0 Å². The molecule has 3 N–H and O–H groups in total. The highest BCUT2D eigenvalue weighted by molar-refractivity contribution is 7.51. The Bertz CT molecular complexity index is 1200. The predicted molar refractivity (Wildman–Crippen MR) is 138 cm³/mol. The zero-order valence-electron chi connectivity index (χ0n) is 20.7. The molecule has 3 rings (SSSR count). The zero-order valence-corrected chi connectivity index (χ0v) is 21.6. The summed E-state index contributed by atoms with van der Waals surface area (Å²) in [6.45, 7) is 4.35. The van der Waals surface area contributed by atoms with E-state index in [0.29, 0.717) is 30.0 Å². The minimum Gasteiger partial charge on any atom is -0.481 e. The van der Waals surface area contributed by atoms with Crippen molar-refractivity contribution in [1.29, 1.82) is 0 Å². The lowest BCUT2D eigenvalue weighted by atomic mass is 9.94. The van der Waals surface area contributed by atoms with Gasteiger partial charge in [-0.1, -0.05) is 36.4 Å². The minimum atomic E-state index is -4.26. The van der Waals surface area contributed by atoms with Crippen LogP contribution in [0.5, 0.6) is 11.5 Å². The van der Waals surface area contributed by atoms with Crippen molar-refractivity contribution in [1.82, 2.24) is 5.32 Å². The van der Waals surface area contributed by atoms with Gasteiger partial charge in [0.2, 0.25) is 0 Å². The molecule has 0 fully saturated rings. The summed E-state index contributed by atoms with van der Waals surface area (Å²) in [4.78, 5) is 31.2. The molecular weight excluding hydrogens is 481 g/mol. The lowest BCUT2D eigenvalue weighted by Gasteiger charge is -2.16. The number of hydrogen-bond donors (Lipinski definition) is 3. The van der Waals surface area contributed by atoms with E-state index >= 15 is 0 Å². The molecule has 0 aliphatic carbocycles. The number of carbonyl (C=O) groups excluding carboxylic acids is 1. The molecule has 0 atom stereocenters. The maximum atomic E-state index is 13.0. The van der Waals surface area contributed by atoms with E-state index in [1.54, 1.807) is 18.2 Å². The molecule has 0 aliphatic heterocycles. The van der Waals surface area contributed by atoms with Crippen LogP contribution in [0.2, 0.25) is 0 Å². The smallest absolute Gasteiger partial charge is 0.362 e. The molecule has 0 spiro atoms. The van der Waals surface area contributed by atoms with Gasteiger partial charge in [0.1, 0.15) is 11.5 Å². The number of rotatable bonds is 12. The lowest BCUT2D eigenvalue weighted by molar-refractivity contribution is 0.0501. The van der Waals surface area contributed by atoms with Gasteiger partial charge in [-0.2, -0.15) is 0 Å². The number of nitrogens with one attached hydrogen (secondary N) is 1. The number of amides is 1. The van der Waals surface area contributed by atoms with E-state index in [1.807, 2.05) is 56.3 Å². The van der Waals surface area contributed by atoms with Crippen LogP contribution in [0.4, 0.5) is 0 Å². The standard InChI is InChI=1S/C27H32NO7P/c1-19-13-23(35-18-36(30,31)32)14-20(2)24(19)15-22-9-10-26(34-17-33-3)25(16-22)27(29)28-12-11-21-7-5-4-6-8-21/h4-10,13-14,16H,11-12,15,17-18H2,1-3H3,(H,28,29)(H2,30,31,32). The van der Waals surface area contributed by atoms with Gasteiger partial charge in [0.25, 0.3) is 5.91 Å². The average Bonchev–Trinajstić information content (AvgIpc) is 2.84. The molecule has 0 aliphatic rings. The Labute approximate surface area is 211 Å². The van der Waals surface area contributed by atoms with Crippen molar-refractivity contribution in [2.24, 2.45) is 0 Å². The third-order valence-electron chi connectivity index (χ3n) is 5.61. The summed E-state index contributed by atoms with van der Waals surface area (Å²) in [5.74, 6) is 0.611. The summed E-state index contributed by atoms with van der Waals surface area (Å²) >= 11 is 0. The third-order valence-corrected chi connectivity index (χ3v) is 6.08. The molecule has 192 valence electrons. The monoisotopic (exact) mass is 513 g/mol. The number of carbonyl (C=O) groups is 1. The van der Waals surface area contributed by atoms with Gasteiger partial charge in [-0.3, -0.25) is 9.36 Å². The molecule has 0 unspecified atom stereocenters. The summed E-state index contributed by atoms with van der Waals surface area (Å²) < 4.78 is 27.0. The Balaban J connectivity index is 1.77. The maximum absolute atomic E-state index is 13.0.